The Morgan fingerprint density at radius 1 is 1.39 bits per heavy atom. The first-order chi connectivity index (χ1) is 11.3. The zero-order chi connectivity index (χ0) is 16.2. The van der Waals surface area contributed by atoms with Crippen LogP contribution in [0.3, 0.4) is 0 Å². The third kappa shape index (κ3) is 2.91. The van der Waals surface area contributed by atoms with Gasteiger partial charge in [0.25, 0.3) is 0 Å². The van der Waals surface area contributed by atoms with Gasteiger partial charge in [-0.15, -0.1) is 0 Å². The minimum atomic E-state index is 0.280. The summed E-state index contributed by atoms with van der Waals surface area (Å²) in [4.78, 5) is 11.2. The fourth-order valence-electron chi connectivity index (χ4n) is 3.13. The lowest BCUT2D eigenvalue weighted by atomic mass is 10.1. The Bertz CT molecular complexity index is 714. The molecule has 1 N–H and O–H groups in total. The Hall–Kier alpha value is -2.08. The number of ether oxygens (including phenoxy) is 2. The molecule has 6 nitrogen and oxygen atoms in total. The molecular formula is C17H24N4O2. The molecule has 0 spiro atoms. The molecule has 23 heavy (non-hydrogen) atoms. The molecule has 3 heterocycles. The minimum Gasteiger partial charge on any atom is -0.488 e. The highest BCUT2D eigenvalue weighted by Crippen LogP contribution is 2.28. The summed E-state index contributed by atoms with van der Waals surface area (Å²) in [7, 11) is 1.87. The molecule has 0 aliphatic carbocycles. The zero-order valence-corrected chi connectivity index (χ0v) is 14.0. The van der Waals surface area contributed by atoms with E-state index < -0.39 is 0 Å². The van der Waals surface area contributed by atoms with Crippen LogP contribution < -0.4 is 15.9 Å². The lowest BCUT2D eigenvalue weighted by Crippen LogP contribution is -2.52. The van der Waals surface area contributed by atoms with Crippen molar-refractivity contribution in [2.24, 2.45) is 0 Å². The first kappa shape index (κ1) is 15.8. The molecule has 6 heteroatoms. The topological polar surface area (TPSA) is 59.5 Å². The number of allylic oxidation sites excluding steroid dienone is 1. The van der Waals surface area contributed by atoms with Gasteiger partial charge in [0, 0.05) is 13.6 Å². The van der Waals surface area contributed by atoms with E-state index in [1.54, 1.807) is 6.33 Å². The summed E-state index contributed by atoms with van der Waals surface area (Å²) in [6.07, 6.45) is 6.73. The summed E-state index contributed by atoms with van der Waals surface area (Å²) < 4.78 is 11.8. The molecule has 1 atom stereocenters. The number of hydrogen-bond donors (Lipinski definition) is 1. The van der Waals surface area contributed by atoms with E-state index in [1.165, 1.54) is 0 Å². The standard InChI is InChI=1S/C17H24N4O2/c1-4-6-14-16(23-10-12-9-22-8-7-21(12)14)15-13(5-2)19-11-20-17(15)18-3/h5-6,11-12H,4,7-10H2,1-3H3,(H,18,19,20)/b13-5+,14-6-,16-15-. The molecule has 0 amide bonds. The first-order valence-corrected chi connectivity index (χ1v) is 8.17. The van der Waals surface area contributed by atoms with E-state index in [-0.39, 0.29) is 6.04 Å². The van der Waals surface area contributed by atoms with Gasteiger partial charge in [-0.2, -0.15) is 0 Å². The van der Waals surface area contributed by atoms with Crippen LogP contribution in [0.1, 0.15) is 20.3 Å². The van der Waals surface area contributed by atoms with E-state index in [0.29, 0.717) is 13.2 Å². The number of anilines is 1. The van der Waals surface area contributed by atoms with Crippen LogP contribution in [0, 0.1) is 0 Å². The highest BCUT2D eigenvalue weighted by Gasteiger charge is 2.33. The molecule has 0 saturated carbocycles. The van der Waals surface area contributed by atoms with Crippen LogP contribution in [0.15, 0.2) is 18.1 Å². The van der Waals surface area contributed by atoms with E-state index in [4.69, 9.17) is 9.47 Å². The van der Waals surface area contributed by atoms with Crippen LogP contribution in [0.2, 0.25) is 0 Å². The van der Waals surface area contributed by atoms with Gasteiger partial charge in [0.05, 0.1) is 35.5 Å². The third-order valence-electron chi connectivity index (χ3n) is 4.20. The van der Waals surface area contributed by atoms with Gasteiger partial charge in [-0.1, -0.05) is 19.1 Å². The number of rotatable bonds is 2. The second kappa shape index (κ2) is 7.00. The molecule has 1 aromatic heterocycles. The summed E-state index contributed by atoms with van der Waals surface area (Å²) >= 11 is 0. The highest BCUT2D eigenvalue weighted by molar-refractivity contribution is 5.63. The Labute approximate surface area is 136 Å². The van der Waals surface area contributed by atoms with Crippen molar-refractivity contribution in [3.05, 3.63) is 28.7 Å². The van der Waals surface area contributed by atoms with E-state index in [9.17, 15) is 0 Å². The molecule has 0 bridgehead atoms. The van der Waals surface area contributed by atoms with Crippen LogP contribution >= 0.6 is 0 Å². The van der Waals surface area contributed by atoms with Crippen molar-refractivity contribution >= 4 is 17.7 Å². The second-order valence-corrected chi connectivity index (χ2v) is 5.58. The number of hydrogen-bond acceptors (Lipinski definition) is 6. The van der Waals surface area contributed by atoms with Crippen molar-refractivity contribution in [2.45, 2.75) is 26.3 Å². The average Bonchev–Trinajstić information content (AvgIpc) is 2.61. The van der Waals surface area contributed by atoms with Crippen LogP contribution in [-0.2, 0) is 9.47 Å². The van der Waals surface area contributed by atoms with Crippen molar-refractivity contribution in [3.8, 4) is 0 Å². The van der Waals surface area contributed by atoms with Gasteiger partial charge in [0.15, 0.2) is 5.76 Å². The van der Waals surface area contributed by atoms with Gasteiger partial charge >= 0.3 is 0 Å². The summed E-state index contributed by atoms with van der Waals surface area (Å²) in [5, 5.41) is 4.97. The van der Waals surface area contributed by atoms with Gasteiger partial charge in [-0.25, -0.2) is 9.97 Å². The van der Waals surface area contributed by atoms with Gasteiger partial charge < -0.3 is 19.7 Å². The van der Waals surface area contributed by atoms with Gasteiger partial charge in [-0.3, -0.25) is 0 Å². The Morgan fingerprint density at radius 2 is 2.26 bits per heavy atom. The predicted octanol–water partition coefficient (Wildman–Crippen LogP) is 0.452. The largest absolute Gasteiger partial charge is 0.488 e. The molecule has 124 valence electrons. The van der Waals surface area contributed by atoms with Crippen molar-refractivity contribution in [1.82, 2.24) is 14.9 Å². The Kier molecular flexibility index (Phi) is 4.81. The van der Waals surface area contributed by atoms with E-state index in [0.717, 1.165) is 47.4 Å². The maximum Gasteiger partial charge on any atom is 0.155 e. The number of nitrogens with one attached hydrogen (secondary N) is 1. The maximum atomic E-state index is 6.17. The van der Waals surface area contributed by atoms with Gasteiger partial charge in [0.2, 0.25) is 0 Å². The summed E-state index contributed by atoms with van der Waals surface area (Å²) in [6, 6.07) is 0.280. The monoisotopic (exact) mass is 316 g/mol. The Balaban J connectivity index is 2.24. The summed E-state index contributed by atoms with van der Waals surface area (Å²) in [5.74, 6) is 1.65. The maximum absolute atomic E-state index is 6.17. The minimum absolute atomic E-state index is 0.280. The number of morpholine rings is 2. The van der Waals surface area contributed by atoms with Gasteiger partial charge in [0.1, 0.15) is 18.8 Å². The smallest absolute Gasteiger partial charge is 0.155 e. The molecule has 0 radical (unpaired) electrons. The van der Waals surface area contributed by atoms with E-state index in [1.807, 2.05) is 20.0 Å². The van der Waals surface area contributed by atoms with Crippen molar-refractivity contribution in [1.29, 1.82) is 0 Å². The van der Waals surface area contributed by atoms with Crippen LogP contribution in [0.4, 0.5) is 5.82 Å². The first-order valence-electron chi connectivity index (χ1n) is 8.17. The van der Waals surface area contributed by atoms with Crippen LogP contribution in [0.25, 0.3) is 11.8 Å². The molecule has 1 unspecified atom stereocenters. The normalized spacial score (nSPS) is 26.0. The predicted molar refractivity (Wildman–Crippen MR) is 90.0 cm³/mol. The zero-order valence-electron chi connectivity index (χ0n) is 14.0. The summed E-state index contributed by atoms with van der Waals surface area (Å²) in [5.41, 5.74) is 1.13. The molecule has 2 saturated heterocycles. The molecule has 0 aromatic carbocycles. The van der Waals surface area contributed by atoms with Crippen LogP contribution in [-0.4, -0.2) is 54.3 Å². The molecule has 3 rings (SSSR count). The molecule has 2 aliphatic heterocycles. The fourth-order valence-corrected chi connectivity index (χ4v) is 3.13. The number of fused-ring (bicyclic) bond motifs is 1. The Morgan fingerprint density at radius 3 is 3.00 bits per heavy atom. The molecule has 2 aliphatic rings. The lowest BCUT2D eigenvalue weighted by molar-refractivity contribution is -0.0259. The fraction of sp³-hybridized carbons (Fsp3) is 0.529. The number of aromatic nitrogens is 2. The highest BCUT2D eigenvalue weighted by atomic mass is 16.5. The average molecular weight is 316 g/mol. The van der Waals surface area contributed by atoms with E-state index in [2.05, 4.69) is 33.2 Å². The van der Waals surface area contributed by atoms with Crippen molar-refractivity contribution in [3.63, 3.8) is 0 Å². The number of nitrogens with zero attached hydrogens (tertiary/aromatic N) is 3. The quantitative estimate of drug-likeness (QED) is 0.855. The second-order valence-electron chi connectivity index (χ2n) is 5.58. The van der Waals surface area contributed by atoms with Crippen molar-refractivity contribution in [2.75, 3.05) is 38.7 Å². The molecule has 2 fully saturated rings. The third-order valence-corrected chi connectivity index (χ3v) is 4.20. The summed E-state index contributed by atoms with van der Waals surface area (Å²) in [6.45, 7) is 7.10. The SMILES string of the molecule is C/C=c1/ncnc(NC)/c1=C1\OCC2COCCN2\C1=C/CC. The van der Waals surface area contributed by atoms with Crippen molar-refractivity contribution < 1.29 is 9.47 Å². The van der Waals surface area contributed by atoms with Crippen LogP contribution in [0.5, 0.6) is 0 Å². The molecular weight excluding hydrogens is 292 g/mol. The lowest BCUT2D eigenvalue weighted by Gasteiger charge is -2.43. The molecule has 1 aromatic rings. The van der Waals surface area contributed by atoms with E-state index >= 15 is 0 Å². The van der Waals surface area contributed by atoms with Gasteiger partial charge in [-0.05, 0) is 13.3 Å².